The third kappa shape index (κ3) is 4.29. The highest BCUT2D eigenvalue weighted by molar-refractivity contribution is 7.99. The summed E-state index contributed by atoms with van der Waals surface area (Å²) in [5, 5.41) is 5.73. The van der Waals surface area contributed by atoms with E-state index >= 15 is 0 Å². The van der Waals surface area contributed by atoms with Gasteiger partial charge in [0.05, 0.1) is 12.6 Å². The van der Waals surface area contributed by atoms with E-state index in [-0.39, 0.29) is 30.0 Å². The molecule has 0 spiro atoms. The van der Waals surface area contributed by atoms with E-state index in [1.54, 1.807) is 12.1 Å². The summed E-state index contributed by atoms with van der Waals surface area (Å²) < 4.78 is 13.8. The summed E-state index contributed by atoms with van der Waals surface area (Å²) in [5.74, 6) is -0.384. The summed E-state index contributed by atoms with van der Waals surface area (Å²) in [6.07, 6.45) is 2.12. The topological polar surface area (TPSA) is 71.1 Å². The number of rotatable bonds is 4. The SMILES string of the molecule is O=C(CNC(=O)c1cc(Cl)ccn1)NC1CCSc2c(F)cccc21. The Bertz CT molecular complexity index is 818. The molecule has 1 aliphatic heterocycles. The Labute approximate surface area is 153 Å². The Morgan fingerprint density at radius 1 is 1.36 bits per heavy atom. The van der Waals surface area contributed by atoms with Crippen molar-refractivity contribution >= 4 is 35.2 Å². The Morgan fingerprint density at radius 3 is 3.00 bits per heavy atom. The molecule has 0 saturated carbocycles. The lowest BCUT2D eigenvalue weighted by molar-refractivity contribution is -0.120. The number of hydrogen-bond acceptors (Lipinski definition) is 4. The van der Waals surface area contributed by atoms with Gasteiger partial charge in [-0.1, -0.05) is 23.7 Å². The molecule has 2 heterocycles. The van der Waals surface area contributed by atoms with Gasteiger partial charge in [0, 0.05) is 21.9 Å². The lowest BCUT2D eigenvalue weighted by atomic mass is 10.0. The molecule has 1 unspecified atom stereocenters. The Hall–Kier alpha value is -2.12. The molecule has 25 heavy (non-hydrogen) atoms. The number of carbonyl (C=O) groups is 2. The van der Waals surface area contributed by atoms with Gasteiger partial charge in [-0.05, 0) is 30.2 Å². The fourth-order valence-electron chi connectivity index (χ4n) is 2.56. The second-order valence-electron chi connectivity index (χ2n) is 5.46. The maximum Gasteiger partial charge on any atom is 0.270 e. The predicted octanol–water partition coefficient (Wildman–Crippen LogP) is 2.96. The number of halogens is 2. The molecular formula is C17H15ClFN3O2S. The van der Waals surface area contributed by atoms with E-state index in [9.17, 15) is 14.0 Å². The fourth-order valence-corrected chi connectivity index (χ4v) is 3.86. The second kappa shape index (κ2) is 7.84. The molecule has 3 rings (SSSR count). The molecule has 0 saturated heterocycles. The second-order valence-corrected chi connectivity index (χ2v) is 7.00. The summed E-state index contributed by atoms with van der Waals surface area (Å²) in [6, 6.07) is 7.57. The normalized spacial score (nSPS) is 16.0. The van der Waals surface area contributed by atoms with Gasteiger partial charge >= 0.3 is 0 Å². The smallest absolute Gasteiger partial charge is 0.270 e. The van der Waals surface area contributed by atoms with Gasteiger partial charge in [-0.2, -0.15) is 0 Å². The van der Waals surface area contributed by atoms with Crippen LogP contribution in [0.25, 0.3) is 0 Å². The predicted molar refractivity (Wildman–Crippen MR) is 94.2 cm³/mol. The minimum absolute atomic E-state index is 0.141. The maximum atomic E-state index is 13.8. The van der Waals surface area contributed by atoms with Gasteiger partial charge < -0.3 is 10.6 Å². The zero-order chi connectivity index (χ0) is 17.8. The first-order valence-electron chi connectivity index (χ1n) is 7.65. The van der Waals surface area contributed by atoms with Crippen LogP contribution < -0.4 is 10.6 Å². The third-order valence-corrected chi connectivity index (χ3v) is 5.12. The quantitative estimate of drug-likeness (QED) is 0.856. The third-order valence-electron chi connectivity index (χ3n) is 3.73. The van der Waals surface area contributed by atoms with Crippen LogP contribution in [0.5, 0.6) is 0 Å². The van der Waals surface area contributed by atoms with Gasteiger partial charge in [0.1, 0.15) is 11.5 Å². The number of nitrogens with one attached hydrogen (secondary N) is 2. The monoisotopic (exact) mass is 379 g/mol. The maximum absolute atomic E-state index is 13.8. The van der Waals surface area contributed by atoms with Gasteiger partial charge in [0.25, 0.3) is 5.91 Å². The van der Waals surface area contributed by atoms with Gasteiger partial charge in [-0.25, -0.2) is 4.39 Å². The molecule has 1 aromatic carbocycles. The number of carbonyl (C=O) groups excluding carboxylic acids is 2. The molecular weight excluding hydrogens is 365 g/mol. The summed E-state index contributed by atoms with van der Waals surface area (Å²) in [4.78, 5) is 28.6. The van der Waals surface area contributed by atoms with Crippen molar-refractivity contribution in [1.29, 1.82) is 0 Å². The minimum Gasteiger partial charge on any atom is -0.348 e. The van der Waals surface area contributed by atoms with E-state index in [2.05, 4.69) is 15.6 Å². The van der Waals surface area contributed by atoms with Gasteiger partial charge in [-0.15, -0.1) is 11.8 Å². The Kier molecular flexibility index (Phi) is 5.55. The molecule has 2 aromatic rings. The van der Waals surface area contributed by atoms with Crippen molar-refractivity contribution in [2.45, 2.75) is 17.4 Å². The average molecular weight is 380 g/mol. The summed E-state index contributed by atoms with van der Waals surface area (Å²) in [6.45, 7) is -0.193. The fraction of sp³-hybridized carbons (Fsp3) is 0.235. The number of pyridine rings is 1. The van der Waals surface area contributed by atoms with Crippen molar-refractivity contribution in [3.63, 3.8) is 0 Å². The van der Waals surface area contributed by atoms with Crippen LogP contribution in [0.3, 0.4) is 0 Å². The van der Waals surface area contributed by atoms with Crippen LogP contribution in [-0.2, 0) is 4.79 Å². The molecule has 0 aliphatic carbocycles. The highest BCUT2D eigenvalue weighted by atomic mass is 35.5. The van der Waals surface area contributed by atoms with E-state index in [1.165, 1.54) is 30.1 Å². The summed E-state index contributed by atoms with van der Waals surface area (Å²) in [7, 11) is 0. The lowest BCUT2D eigenvalue weighted by Gasteiger charge is -2.26. The van der Waals surface area contributed by atoms with Crippen molar-refractivity contribution in [3.8, 4) is 0 Å². The first-order chi connectivity index (χ1) is 12.0. The lowest BCUT2D eigenvalue weighted by Crippen LogP contribution is -2.39. The van der Waals surface area contributed by atoms with Crippen LogP contribution in [0.15, 0.2) is 41.4 Å². The number of nitrogens with zero attached hydrogens (tertiary/aromatic N) is 1. The zero-order valence-electron chi connectivity index (χ0n) is 13.1. The van der Waals surface area contributed by atoms with E-state index in [1.807, 2.05) is 6.07 Å². The minimum atomic E-state index is -0.483. The molecule has 2 amide bonds. The van der Waals surface area contributed by atoms with Crippen molar-refractivity contribution in [1.82, 2.24) is 15.6 Å². The van der Waals surface area contributed by atoms with Gasteiger partial charge in [0.2, 0.25) is 5.91 Å². The first kappa shape index (κ1) is 17.7. The van der Waals surface area contributed by atoms with E-state index in [4.69, 9.17) is 11.6 Å². The number of fused-ring (bicyclic) bond motifs is 1. The van der Waals surface area contributed by atoms with E-state index < -0.39 is 5.91 Å². The highest BCUT2D eigenvalue weighted by Gasteiger charge is 2.24. The van der Waals surface area contributed by atoms with Crippen LogP contribution in [0.4, 0.5) is 4.39 Å². The van der Waals surface area contributed by atoms with Crippen LogP contribution in [0.2, 0.25) is 5.02 Å². The average Bonchev–Trinajstić information content (AvgIpc) is 2.60. The van der Waals surface area contributed by atoms with Crippen LogP contribution >= 0.6 is 23.4 Å². The van der Waals surface area contributed by atoms with Crippen LogP contribution in [0.1, 0.15) is 28.5 Å². The number of aromatic nitrogens is 1. The Morgan fingerprint density at radius 2 is 2.20 bits per heavy atom. The number of thioether (sulfide) groups is 1. The largest absolute Gasteiger partial charge is 0.348 e. The van der Waals surface area contributed by atoms with Crippen molar-refractivity contribution in [2.75, 3.05) is 12.3 Å². The molecule has 0 fully saturated rings. The van der Waals surface area contributed by atoms with Crippen LogP contribution in [-0.4, -0.2) is 29.1 Å². The first-order valence-corrected chi connectivity index (χ1v) is 9.01. The summed E-state index contributed by atoms with van der Waals surface area (Å²) >= 11 is 7.26. The molecule has 5 nitrogen and oxygen atoms in total. The van der Waals surface area contributed by atoms with Crippen LogP contribution in [0, 0.1) is 5.82 Å². The van der Waals surface area contributed by atoms with Crippen molar-refractivity contribution < 1.29 is 14.0 Å². The molecule has 0 radical (unpaired) electrons. The molecule has 1 aliphatic rings. The zero-order valence-corrected chi connectivity index (χ0v) is 14.7. The number of benzene rings is 1. The molecule has 8 heteroatoms. The Balaban J connectivity index is 1.59. The van der Waals surface area contributed by atoms with Gasteiger partial charge in [-0.3, -0.25) is 14.6 Å². The van der Waals surface area contributed by atoms with Gasteiger partial charge in [0.15, 0.2) is 0 Å². The molecule has 1 aromatic heterocycles. The van der Waals surface area contributed by atoms with E-state index in [0.717, 1.165) is 11.3 Å². The number of amides is 2. The molecule has 2 N–H and O–H groups in total. The van der Waals surface area contributed by atoms with E-state index in [0.29, 0.717) is 16.3 Å². The van der Waals surface area contributed by atoms with Crippen molar-refractivity contribution in [2.24, 2.45) is 0 Å². The standard InChI is InChI=1S/C17H15ClFN3O2S/c18-10-4-6-20-14(8-10)17(24)21-9-15(23)22-13-5-7-25-16-11(13)2-1-3-12(16)19/h1-4,6,8,13H,5,7,9H2,(H,21,24)(H,22,23). The number of hydrogen-bond donors (Lipinski definition) is 2. The summed E-state index contributed by atoms with van der Waals surface area (Å²) in [5.41, 5.74) is 0.911. The molecule has 130 valence electrons. The highest BCUT2D eigenvalue weighted by Crippen LogP contribution is 2.37. The van der Waals surface area contributed by atoms with Crippen molar-refractivity contribution in [3.05, 3.63) is 58.6 Å². The molecule has 0 bridgehead atoms. The molecule has 1 atom stereocenters.